The van der Waals surface area contributed by atoms with Crippen molar-refractivity contribution in [3.05, 3.63) is 12.2 Å². The quantitative estimate of drug-likeness (QED) is 0.183. The fourth-order valence-corrected chi connectivity index (χ4v) is 3.17. The Morgan fingerprint density at radius 3 is 1.72 bits per heavy atom. The summed E-state index contributed by atoms with van der Waals surface area (Å²) in [5.74, 6) is -0.302. The maximum atomic E-state index is 11.3. The van der Waals surface area contributed by atoms with Crippen LogP contribution in [0.2, 0.25) is 0 Å². The lowest BCUT2D eigenvalue weighted by Crippen LogP contribution is -2.30. The Balaban J connectivity index is 3.19. The largest absolute Gasteiger partial charge is 0.439 e. The van der Waals surface area contributed by atoms with Gasteiger partial charge in [0.25, 0.3) is 5.91 Å². The van der Waals surface area contributed by atoms with Crippen molar-refractivity contribution < 1.29 is 14.3 Å². The van der Waals surface area contributed by atoms with E-state index in [1.54, 1.807) is 0 Å². The van der Waals surface area contributed by atoms with Gasteiger partial charge in [0.05, 0.1) is 0 Å². The van der Waals surface area contributed by atoms with Crippen molar-refractivity contribution in [3.8, 4) is 0 Å². The molecule has 0 saturated heterocycles. The van der Waals surface area contributed by atoms with Gasteiger partial charge in [-0.25, -0.2) is 4.79 Å². The van der Waals surface area contributed by atoms with Crippen LogP contribution in [-0.4, -0.2) is 32.2 Å². The number of carbonyl (C=O) groups excluding carboxylic acids is 2. The van der Waals surface area contributed by atoms with E-state index in [1.807, 2.05) is 0 Å². The highest BCUT2D eigenvalue weighted by Crippen LogP contribution is 2.11. The van der Waals surface area contributed by atoms with Crippen LogP contribution in [0.4, 0.5) is 4.79 Å². The molecule has 5 heteroatoms. The number of nitrogens with one attached hydrogen (secondary N) is 2. The molecular weight excluding hydrogens is 364 g/mol. The molecule has 0 aliphatic rings. The Labute approximate surface area is 179 Å². The first-order chi connectivity index (χ1) is 14.2. The summed E-state index contributed by atoms with van der Waals surface area (Å²) in [5, 5.41) is 5.07. The molecule has 2 amide bonds. The predicted molar refractivity (Wildman–Crippen MR) is 122 cm³/mol. The number of likely N-dealkylation sites (N-methyl/N-ethyl adjacent to an activating group) is 1. The minimum absolute atomic E-state index is 0.225. The van der Waals surface area contributed by atoms with E-state index in [1.165, 1.54) is 96.9 Å². The summed E-state index contributed by atoms with van der Waals surface area (Å²) in [4.78, 5) is 22.3. The third-order valence-electron chi connectivity index (χ3n) is 5.07. The van der Waals surface area contributed by atoms with Crippen LogP contribution in [0.3, 0.4) is 0 Å². The summed E-state index contributed by atoms with van der Waals surface area (Å²) in [6, 6.07) is 0. The van der Waals surface area contributed by atoms with Crippen LogP contribution in [-0.2, 0) is 9.53 Å². The fourth-order valence-electron chi connectivity index (χ4n) is 3.17. The highest BCUT2D eigenvalue weighted by molar-refractivity contribution is 5.79. The molecule has 2 N–H and O–H groups in total. The molecule has 0 heterocycles. The minimum Gasteiger partial charge on any atom is -0.439 e. The van der Waals surface area contributed by atoms with Gasteiger partial charge in [0.1, 0.15) is 0 Å². The van der Waals surface area contributed by atoms with Crippen LogP contribution >= 0.6 is 0 Å². The van der Waals surface area contributed by atoms with Gasteiger partial charge >= 0.3 is 6.09 Å². The molecule has 0 aliphatic carbocycles. The molecule has 0 fully saturated rings. The Hall–Kier alpha value is -1.52. The van der Waals surface area contributed by atoms with E-state index < -0.39 is 6.09 Å². The molecule has 0 bridgehead atoms. The number of hydrogen-bond acceptors (Lipinski definition) is 3. The van der Waals surface area contributed by atoms with E-state index in [0.717, 1.165) is 12.8 Å². The van der Waals surface area contributed by atoms with E-state index in [2.05, 4.69) is 29.7 Å². The second-order valence-electron chi connectivity index (χ2n) is 7.82. The van der Waals surface area contributed by atoms with Crippen molar-refractivity contribution in [2.45, 2.75) is 110 Å². The van der Waals surface area contributed by atoms with Crippen molar-refractivity contribution >= 4 is 12.0 Å². The second-order valence-corrected chi connectivity index (χ2v) is 7.82. The first-order valence-electron chi connectivity index (χ1n) is 12.0. The SMILES string of the molecule is CCCCCCCCC=CCCCCCCCCCCNC(=O)OCC(=O)NC. The molecule has 170 valence electrons. The van der Waals surface area contributed by atoms with Crippen LogP contribution in [0.1, 0.15) is 110 Å². The topological polar surface area (TPSA) is 67.4 Å². The van der Waals surface area contributed by atoms with Crippen LogP contribution in [0.15, 0.2) is 12.2 Å². The van der Waals surface area contributed by atoms with Crippen molar-refractivity contribution in [1.29, 1.82) is 0 Å². The maximum absolute atomic E-state index is 11.3. The maximum Gasteiger partial charge on any atom is 0.407 e. The molecule has 0 atom stereocenters. The summed E-state index contributed by atoms with van der Waals surface area (Å²) in [6.45, 7) is 2.65. The zero-order chi connectivity index (χ0) is 21.4. The molecule has 0 aromatic carbocycles. The van der Waals surface area contributed by atoms with Gasteiger partial charge in [0.15, 0.2) is 6.61 Å². The monoisotopic (exact) mass is 410 g/mol. The lowest BCUT2D eigenvalue weighted by atomic mass is 10.1. The van der Waals surface area contributed by atoms with Crippen LogP contribution in [0.5, 0.6) is 0 Å². The molecule has 0 rings (SSSR count). The molecule has 0 aliphatic heterocycles. The predicted octanol–water partition coefficient (Wildman–Crippen LogP) is 6.28. The third-order valence-corrected chi connectivity index (χ3v) is 5.07. The summed E-state index contributed by atoms with van der Waals surface area (Å²) in [6.07, 6.45) is 24.9. The second kappa shape index (κ2) is 22.8. The molecular formula is C24H46N2O3. The minimum atomic E-state index is -0.519. The smallest absolute Gasteiger partial charge is 0.407 e. The standard InChI is InChI=1S/C24H46N2O3/c1-3-4-5-6-7-8-9-10-11-12-13-14-15-16-17-18-19-20-21-26-24(28)29-22-23(27)25-2/h10-11H,3-9,12-22H2,1-2H3,(H,25,27)(H,26,28). The van der Waals surface area contributed by atoms with Crippen LogP contribution < -0.4 is 10.6 Å². The molecule has 0 saturated carbocycles. The lowest BCUT2D eigenvalue weighted by molar-refractivity contribution is -0.123. The highest BCUT2D eigenvalue weighted by atomic mass is 16.6. The van der Waals surface area contributed by atoms with E-state index in [4.69, 9.17) is 4.74 Å². The normalized spacial score (nSPS) is 11.0. The summed E-state index contributed by atoms with van der Waals surface area (Å²) in [5.41, 5.74) is 0. The molecule has 29 heavy (non-hydrogen) atoms. The molecule has 0 aromatic rings. The first kappa shape index (κ1) is 27.5. The zero-order valence-corrected chi connectivity index (χ0v) is 19.1. The number of rotatable bonds is 20. The van der Waals surface area contributed by atoms with E-state index in [-0.39, 0.29) is 12.5 Å². The van der Waals surface area contributed by atoms with Gasteiger partial charge in [-0.2, -0.15) is 0 Å². The number of allylic oxidation sites excluding steroid dienone is 2. The van der Waals surface area contributed by atoms with Crippen LogP contribution in [0, 0.1) is 0 Å². The Bertz CT molecular complexity index is 411. The van der Waals surface area contributed by atoms with Gasteiger partial charge in [-0.15, -0.1) is 0 Å². The van der Waals surface area contributed by atoms with Crippen molar-refractivity contribution in [2.24, 2.45) is 0 Å². The summed E-state index contributed by atoms with van der Waals surface area (Å²) in [7, 11) is 1.51. The van der Waals surface area contributed by atoms with Gasteiger partial charge in [0, 0.05) is 13.6 Å². The Morgan fingerprint density at radius 2 is 1.21 bits per heavy atom. The van der Waals surface area contributed by atoms with Gasteiger partial charge in [0.2, 0.25) is 0 Å². The Kier molecular flexibility index (Phi) is 21.6. The van der Waals surface area contributed by atoms with Crippen molar-refractivity contribution in [3.63, 3.8) is 0 Å². The number of hydrogen-bond donors (Lipinski definition) is 2. The summed E-state index contributed by atoms with van der Waals surface area (Å²) >= 11 is 0. The average Bonchev–Trinajstić information content (AvgIpc) is 2.73. The van der Waals surface area contributed by atoms with Crippen molar-refractivity contribution in [1.82, 2.24) is 10.6 Å². The van der Waals surface area contributed by atoms with E-state index in [9.17, 15) is 9.59 Å². The van der Waals surface area contributed by atoms with Gasteiger partial charge in [-0.05, 0) is 32.1 Å². The van der Waals surface area contributed by atoms with E-state index >= 15 is 0 Å². The molecule has 0 aromatic heterocycles. The van der Waals surface area contributed by atoms with Crippen LogP contribution in [0.25, 0.3) is 0 Å². The number of amides is 2. The Morgan fingerprint density at radius 1 is 0.724 bits per heavy atom. The van der Waals surface area contributed by atoms with Crippen molar-refractivity contribution in [2.75, 3.05) is 20.2 Å². The molecule has 5 nitrogen and oxygen atoms in total. The first-order valence-corrected chi connectivity index (χ1v) is 12.0. The van der Waals surface area contributed by atoms with Gasteiger partial charge in [-0.1, -0.05) is 89.7 Å². The number of ether oxygens (including phenoxy) is 1. The number of alkyl carbamates (subject to hydrolysis) is 1. The number of unbranched alkanes of at least 4 members (excludes halogenated alkanes) is 14. The van der Waals surface area contributed by atoms with Gasteiger partial charge in [-0.3, -0.25) is 4.79 Å². The van der Waals surface area contributed by atoms with E-state index in [0.29, 0.717) is 6.54 Å². The molecule has 0 unspecified atom stereocenters. The van der Waals surface area contributed by atoms with Gasteiger partial charge < -0.3 is 15.4 Å². The third kappa shape index (κ3) is 22.6. The number of carbonyl (C=O) groups is 2. The highest BCUT2D eigenvalue weighted by Gasteiger charge is 2.04. The zero-order valence-electron chi connectivity index (χ0n) is 19.1. The fraction of sp³-hybridized carbons (Fsp3) is 0.833. The molecule has 0 spiro atoms. The summed E-state index contributed by atoms with van der Waals surface area (Å²) < 4.78 is 4.76. The lowest BCUT2D eigenvalue weighted by Gasteiger charge is -2.06. The average molecular weight is 411 g/mol. The molecule has 0 radical (unpaired) electrons.